The maximum atomic E-state index is 5.94. The number of hydrogen-bond acceptors (Lipinski definition) is 2. The molecule has 2 nitrogen and oxygen atoms in total. The van der Waals surface area contributed by atoms with Gasteiger partial charge < -0.3 is 10.1 Å². The molecule has 2 unspecified atom stereocenters. The molecule has 1 aromatic rings. The number of morpholine rings is 1. The van der Waals surface area contributed by atoms with E-state index in [1.165, 1.54) is 5.56 Å². The van der Waals surface area contributed by atoms with E-state index in [9.17, 15) is 0 Å². The van der Waals surface area contributed by atoms with Crippen molar-refractivity contribution in [2.45, 2.75) is 38.3 Å². The minimum Gasteiger partial charge on any atom is -0.372 e. The lowest BCUT2D eigenvalue weighted by molar-refractivity contribution is -0.0724. The van der Waals surface area contributed by atoms with Gasteiger partial charge >= 0.3 is 0 Å². The predicted molar refractivity (Wildman–Crippen MR) is 66.6 cm³/mol. The molecule has 2 rings (SSSR count). The maximum Gasteiger partial charge on any atom is 0.0776 e. The summed E-state index contributed by atoms with van der Waals surface area (Å²) in [5.41, 5.74) is 1.41. The molecule has 0 saturated carbocycles. The van der Waals surface area contributed by atoms with E-state index in [4.69, 9.17) is 4.74 Å². The largest absolute Gasteiger partial charge is 0.372 e. The number of rotatable bonds is 3. The third-order valence-corrected chi connectivity index (χ3v) is 3.47. The lowest BCUT2D eigenvalue weighted by Crippen LogP contribution is -2.53. The molecular formula is C14H21NO. The molecular weight excluding hydrogens is 198 g/mol. The number of hydrogen-bond donors (Lipinski definition) is 1. The molecule has 0 spiro atoms. The summed E-state index contributed by atoms with van der Waals surface area (Å²) < 4.78 is 5.94. The Labute approximate surface area is 98.0 Å². The summed E-state index contributed by atoms with van der Waals surface area (Å²) in [5, 5.41) is 3.58. The molecule has 0 bridgehead atoms. The molecule has 1 saturated heterocycles. The Balaban J connectivity index is 1.86. The third-order valence-electron chi connectivity index (χ3n) is 3.47. The van der Waals surface area contributed by atoms with Crippen molar-refractivity contribution in [3.63, 3.8) is 0 Å². The van der Waals surface area contributed by atoms with Gasteiger partial charge in [-0.2, -0.15) is 0 Å². The first-order valence-electron chi connectivity index (χ1n) is 6.13. The molecule has 0 aromatic heterocycles. The summed E-state index contributed by atoms with van der Waals surface area (Å²) in [6.07, 6.45) is 2.12. The summed E-state index contributed by atoms with van der Waals surface area (Å²) in [6.45, 7) is 6.14. The van der Waals surface area contributed by atoms with Crippen molar-refractivity contribution in [2.75, 3.05) is 13.2 Å². The van der Waals surface area contributed by atoms with Crippen molar-refractivity contribution in [1.82, 2.24) is 5.32 Å². The highest BCUT2D eigenvalue weighted by molar-refractivity contribution is 5.16. The van der Waals surface area contributed by atoms with Crippen LogP contribution < -0.4 is 5.32 Å². The van der Waals surface area contributed by atoms with E-state index in [1.807, 2.05) is 0 Å². The Morgan fingerprint density at radius 3 is 2.69 bits per heavy atom. The standard InChI is InChI=1S/C14H21NO/c1-3-14(2)11-15-13(10-16-14)9-12-7-5-4-6-8-12/h4-8,13,15H,3,9-11H2,1-2H3. The molecule has 0 amide bonds. The first kappa shape index (κ1) is 11.6. The van der Waals surface area contributed by atoms with Crippen molar-refractivity contribution in [2.24, 2.45) is 0 Å². The van der Waals surface area contributed by atoms with Gasteiger partial charge in [-0.25, -0.2) is 0 Å². The minimum absolute atomic E-state index is 0.0349. The van der Waals surface area contributed by atoms with Crippen LogP contribution in [0.1, 0.15) is 25.8 Å². The Morgan fingerprint density at radius 2 is 2.12 bits per heavy atom. The molecule has 1 aromatic carbocycles. The minimum atomic E-state index is 0.0349. The summed E-state index contributed by atoms with van der Waals surface area (Å²) in [4.78, 5) is 0. The Bertz CT molecular complexity index is 315. The van der Waals surface area contributed by atoms with Gasteiger partial charge in [-0.1, -0.05) is 37.3 Å². The fraction of sp³-hybridized carbons (Fsp3) is 0.571. The molecule has 1 fully saturated rings. The predicted octanol–water partition coefficient (Wildman–Crippen LogP) is 2.39. The highest BCUT2D eigenvalue weighted by Gasteiger charge is 2.29. The molecule has 2 atom stereocenters. The van der Waals surface area contributed by atoms with Crippen LogP contribution in [0.15, 0.2) is 30.3 Å². The average Bonchev–Trinajstić information content (AvgIpc) is 2.34. The van der Waals surface area contributed by atoms with Crippen molar-refractivity contribution in [1.29, 1.82) is 0 Å². The second kappa shape index (κ2) is 4.98. The highest BCUT2D eigenvalue weighted by Crippen LogP contribution is 2.19. The van der Waals surface area contributed by atoms with Crippen molar-refractivity contribution in [3.05, 3.63) is 35.9 Å². The number of ether oxygens (including phenoxy) is 1. The fourth-order valence-corrected chi connectivity index (χ4v) is 2.03. The van der Waals surface area contributed by atoms with Crippen LogP contribution in [0.5, 0.6) is 0 Å². The summed E-state index contributed by atoms with van der Waals surface area (Å²) in [6, 6.07) is 11.1. The van der Waals surface area contributed by atoms with Gasteiger partial charge in [0.05, 0.1) is 12.2 Å². The molecule has 1 aliphatic rings. The Kier molecular flexibility index (Phi) is 3.62. The van der Waals surface area contributed by atoms with E-state index in [2.05, 4.69) is 49.5 Å². The summed E-state index contributed by atoms with van der Waals surface area (Å²) >= 11 is 0. The van der Waals surface area contributed by atoms with Crippen molar-refractivity contribution in [3.8, 4) is 0 Å². The van der Waals surface area contributed by atoms with E-state index in [1.54, 1.807) is 0 Å². The zero-order valence-corrected chi connectivity index (χ0v) is 10.2. The van der Waals surface area contributed by atoms with Gasteiger partial charge in [0, 0.05) is 12.6 Å². The summed E-state index contributed by atoms with van der Waals surface area (Å²) in [5.74, 6) is 0. The molecule has 2 heteroatoms. The average molecular weight is 219 g/mol. The quantitative estimate of drug-likeness (QED) is 0.843. The number of benzene rings is 1. The summed E-state index contributed by atoms with van der Waals surface area (Å²) in [7, 11) is 0. The molecule has 16 heavy (non-hydrogen) atoms. The van der Waals surface area contributed by atoms with Crippen LogP contribution in [0.2, 0.25) is 0 Å². The van der Waals surface area contributed by atoms with Crippen LogP contribution in [-0.4, -0.2) is 24.8 Å². The Hall–Kier alpha value is -0.860. The van der Waals surface area contributed by atoms with Gasteiger partial charge in [0.1, 0.15) is 0 Å². The van der Waals surface area contributed by atoms with Crippen molar-refractivity contribution < 1.29 is 4.74 Å². The molecule has 1 aliphatic heterocycles. The molecule has 1 heterocycles. The van der Waals surface area contributed by atoms with E-state index < -0.39 is 0 Å². The number of nitrogens with one attached hydrogen (secondary N) is 1. The second-order valence-corrected chi connectivity index (χ2v) is 4.88. The first-order chi connectivity index (χ1) is 7.72. The van der Waals surface area contributed by atoms with Gasteiger partial charge in [-0.05, 0) is 25.3 Å². The van der Waals surface area contributed by atoms with Crippen LogP contribution in [0.4, 0.5) is 0 Å². The van der Waals surface area contributed by atoms with Crippen LogP contribution in [-0.2, 0) is 11.2 Å². The lowest BCUT2D eigenvalue weighted by Gasteiger charge is -2.38. The SMILES string of the molecule is CCC1(C)CNC(Cc2ccccc2)CO1. The van der Waals surface area contributed by atoms with Crippen LogP contribution in [0.3, 0.4) is 0 Å². The smallest absolute Gasteiger partial charge is 0.0776 e. The molecule has 0 radical (unpaired) electrons. The Morgan fingerprint density at radius 1 is 1.38 bits per heavy atom. The lowest BCUT2D eigenvalue weighted by atomic mass is 9.98. The van der Waals surface area contributed by atoms with Crippen LogP contribution in [0, 0.1) is 0 Å². The topological polar surface area (TPSA) is 21.3 Å². The molecule has 1 N–H and O–H groups in total. The van der Waals surface area contributed by atoms with Gasteiger partial charge in [0.15, 0.2) is 0 Å². The normalized spacial score (nSPS) is 30.2. The van der Waals surface area contributed by atoms with E-state index in [-0.39, 0.29) is 5.60 Å². The van der Waals surface area contributed by atoms with E-state index >= 15 is 0 Å². The van der Waals surface area contributed by atoms with Gasteiger partial charge in [-0.3, -0.25) is 0 Å². The highest BCUT2D eigenvalue weighted by atomic mass is 16.5. The van der Waals surface area contributed by atoms with Gasteiger partial charge in [0.2, 0.25) is 0 Å². The van der Waals surface area contributed by atoms with E-state index in [0.717, 1.165) is 26.0 Å². The first-order valence-corrected chi connectivity index (χ1v) is 6.13. The molecule has 0 aliphatic carbocycles. The van der Waals surface area contributed by atoms with Crippen LogP contribution in [0.25, 0.3) is 0 Å². The fourth-order valence-electron chi connectivity index (χ4n) is 2.03. The van der Waals surface area contributed by atoms with Crippen molar-refractivity contribution >= 4 is 0 Å². The van der Waals surface area contributed by atoms with Gasteiger partial charge in [0.25, 0.3) is 0 Å². The zero-order chi connectivity index (χ0) is 11.4. The van der Waals surface area contributed by atoms with Gasteiger partial charge in [-0.15, -0.1) is 0 Å². The third kappa shape index (κ3) is 2.83. The zero-order valence-electron chi connectivity index (χ0n) is 10.2. The second-order valence-electron chi connectivity index (χ2n) is 4.88. The molecule has 88 valence electrons. The van der Waals surface area contributed by atoms with E-state index in [0.29, 0.717) is 6.04 Å². The van der Waals surface area contributed by atoms with Crippen LogP contribution >= 0.6 is 0 Å². The maximum absolute atomic E-state index is 5.94. The monoisotopic (exact) mass is 219 g/mol.